The predicted molar refractivity (Wildman–Crippen MR) is 75.1 cm³/mol. The summed E-state index contributed by atoms with van der Waals surface area (Å²) < 4.78 is 0. The molecule has 1 fully saturated rings. The molecule has 4 heteroatoms. The third-order valence-electron chi connectivity index (χ3n) is 3.87. The van der Waals surface area contributed by atoms with Gasteiger partial charge >= 0.3 is 0 Å². The summed E-state index contributed by atoms with van der Waals surface area (Å²) in [6, 6.07) is 5.30. The van der Waals surface area contributed by atoms with Crippen LogP contribution in [0.15, 0.2) is 18.2 Å². The average molecular weight is 269 g/mol. The Morgan fingerprint density at radius 2 is 2.06 bits per heavy atom. The molecule has 1 saturated heterocycles. The first kappa shape index (κ1) is 13.7. The quantitative estimate of drug-likeness (QED) is 0.893. The molecular weight excluding hydrogens is 248 g/mol. The van der Waals surface area contributed by atoms with E-state index in [0.717, 1.165) is 25.2 Å². The molecule has 1 aliphatic heterocycles. The zero-order chi connectivity index (χ0) is 13.3. The second kappa shape index (κ2) is 5.08. The van der Waals surface area contributed by atoms with Crippen LogP contribution in [0.3, 0.4) is 0 Å². The Kier molecular flexibility index (Phi) is 3.85. The number of halogens is 1. The minimum absolute atomic E-state index is 0.162. The van der Waals surface area contributed by atoms with Crippen molar-refractivity contribution in [1.29, 1.82) is 0 Å². The number of likely N-dealkylation sites (N-methyl/N-ethyl adjacent to an activating group) is 1. The van der Waals surface area contributed by atoms with Crippen LogP contribution < -0.4 is 0 Å². The fourth-order valence-corrected chi connectivity index (χ4v) is 2.63. The molecule has 0 atom stereocenters. The first-order valence-electron chi connectivity index (χ1n) is 6.30. The Bertz CT molecular complexity index is 414. The number of rotatable bonds is 2. The highest BCUT2D eigenvalue weighted by molar-refractivity contribution is 6.31. The van der Waals surface area contributed by atoms with E-state index in [9.17, 15) is 5.11 Å². The molecule has 1 aromatic carbocycles. The summed E-state index contributed by atoms with van der Waals surface area (Å²) in [4.78, 5) is 4.72. The highest BCUT2D eigenvalue weighted by Gasteiger charge is 2.31. The Labute approximate surface area is 114 Å². The number of hydrogen-bond acceptors (Lipinski definition) is 3. The second-order valence-electron chi connectivity index (χ2n) is 5.68. The fourth-order valence-electron chi connectivity index (χ4n) is 2.40. The van der Waals surface area contributed by atoms with Gasteiger partial charge in [0.1, 0.15) is 5.75 Å². The lowest BCUT2D eigenvalue weighted by molar-refractivity contribution is 0.0357. The van der Waals surface area contributed by atoms with E-state index >= 15 is 0 Å². The average Bonchev–Trinajstić information content (AvgIpc) is 2.28. The minimum Gasteiger partial charge on any atom is -0.508 e. The highest BCUT2D eigenvalue weighted by atomic mass is 35.5. The van der Waals surface area contributed by atoms with Gasteiger partial charge in [-0.25, -0.2) is 0 Å². The largest absolute Gasteiger partial charge is 0.508 e. The molecule has 0 bridgehead atoms. The number of piperazine rings is 1. The lowest BCUT2D eigenvalue weighted by Crippen LogP contribution is -2.57. The van der Waals surface area contributed by atoms with Crippen LogP contribution in [-0.2, 0) is 6.54 Å². The normalized spacial score (nSPS) is 21.1. The number of hydrogen-bond donors (Lipinski definition) is 1. The summed E-state index contributed by atoms with van der Waals surface area (Å²) in [7, 11) is 2.16. The van der Waals surface area contributed by atoms with Crippen LogP contribution in [-0.4, -0.2) is 47.1 Å². The van der Waals surface area contributed by atoms with Gasteiger partial charge in [-0.05, 0) is 33.0 Å². The van der Waals surface area contributed by atoms with E-state index < -0.39 is 0 Å². The minimum atomic E-state index is 0.162. The predicted octanol–water partition coefficient (Wildman–Crippen LogP) is 2.57. The van der Waals surface area contributed by atoms with Gasteiger partial charge in [-0.1, -0.05) is 17.7 Å². The molecule has 18 heavy (non-hydrogen) atoms. The summed E-state index contributed by atoms with van der Waals surface area (Å²) in [6.45, 7) is 8.22. The lowest BCUT2D eigenvalue weighted by Gasteiger charge is -2.45. The standard InChI is InChI=1S/C14H21ClN2O/c1-14(2)10-17(8-7-16(14)3)9-11-12(15)5-4-6-13(11)18/h4-6,18H,7-10H2,1-3H3. The summed E-state index contributed by atoms with van der Waals surface area (Å²) in [5.41, 5.74) is 0.995. The van der Waals surface area contributed by atoms with E-state index in [0.29, 0.717) is 17.3 Å². The van der Waals surface area contributed by atoms with E-state index in [1.54, 1.807) is 12.1 Å². The Balaban J connectivity index is 2.11. The SMILES string of the molecule is CN1CCN(Cc2c(O)cccc2Cl)CC1(C)C. The van der Waals surface area contributed by atoms with Crippen molar-refractivity contribution in [2.24, 2.45) is 0 Å². The maximum Gasteiger partial charge on any atom is 0.121 e. The zero-order valence-corrected chi connectivity index (χ0v) is 12.0. The Morgan fingerprint density at radius 3 is 2.67 bits per heavy atom. The van der Waals surface area contributed by atoms with Crippen LogP contribution in [0.4, 0.5) is 0 Å². The number of benzene rings is 1. The van der Waals surface area contributed by atoms with E-state index in [1.165, 1.54) is 0 Å². The van der Waals surface area contributed by atoms with Crippen LogP contribution in [0.25, 0.3) is 0 Å². The van der Waals surface area contributed by atoms with Gasteiger partial charge in [-0.15, -0.1) is 0 Å². The van der Waals surface area contributed by atoms with E-state index in [4.69, 9.17) is 11.6 Å². The second-order valence-corrected chi connectivity index (χ2v) is 6.09. The molecule has 0 aromatic heterocycles. The van der Waals surface area contributed by atoms with Gasteiger partial charge in [0.25, 0.3) is 0 Å². The van der Waals surface area contributed by atoms with Crippen molar-refractivity contribution in [2.45, 2.75) is 25.9 Å². The maximum atomic E-state index is 9.88. The van der Waals surface area contributed by atoms with Crippen LogP contribution in [0.5, 0.6) is 5.75 Å². The van der Waals surface area contributed by atoms with E-state index in [-0.39, 0.29) is 5.54 Å². The number of aromatic hydroxyl groups is 1. The van der Waals surface area contributed by atoms with Crippen LogP contribution in [0.1, 0.15) is 19.4 Å². The van der Waals surface area contributed by atoms with Crippen molar-refractivity contribution in [3.63, 3.8) is 0 Å². The van der Waals surface area contributed by atoms with Crippen molar-refractivity contribution in [2.75, 3.05) is 26.7 Å². The summed E-state index contributed by atoms with van der Waals surface area (Å²) in [6.07, 6.45) is 0. The molecule has 0 unspecified atom stereocenters. The third kappa shape index (κ3) is 2.79. The monoisotopic (exact) mass is 268 g/mol. The van der Waals surface area contributed by atoms with Crippen LogP contribution in [0.2, 0.25) is 5.02 Å². The van der Waals surface area contributed by atoms with Gasteiger partial charge in [-0.3, -0.25) is 9.80 Å². The third-order valence-corrected chi connectivity index (χ3v) is 4.23. The van der Waals surface area contributed by atoms with Gasteiger partial charge in [-0.2, -0.15) is 0 Å². The summed E-state index contributed by atoms with van der Waals surface area (Å²) in [5.74, 6) is 0.291. The summed E-state index contributed by atoms with van der Waals surface area (Å²) in [5, 5.41) is 10.5. The molecule has 3 nitrogen and oxygen atoms in total. The molecule has 1 heterocycles. The highest BCUT2D eigenvalue weighted by Crippen LogP contribution is 2.28. The first-order chi connectivity index (χ1) is 8.40. The number of nitrogens with zero attached hydrogens (tertiary/aromatic N) is 2. The topological polar surface area (TPSA) is 26.7 Å². The van der Waals surface area contributed by atoms with E-state index in [1.807, 2.05) is 6.07 Å². The molecule has 100 valence electrons. The molecule has 2 rings (SSSR count). The molecule has 0 spiro atoms. The zero-order valence-electron chi connectivity index (χ0n) is 11.3. The maximum absolute atomic E-state index is 9.88. The van der Waals surface area contributed by atoms with Gasteiger partial charge < -0.3 is 5.11 Å². The fraction of sp³-hybridized carbons (Fsp3) is 0.571. The molecule has 1 N–H and O–H groups in total. The van der Waals surface area contributed by atoms with E-state index in [2.05, 4.69) is 30.7 Å². The number of phenols is 1. The van der Waals surface area contributed by atoms with Crippen molar-refractivity contribution in [1.82, 2.24) is 9.80 Å². The molecule has 0 aliphatic carbocycles. The molecule has 1 aromatic rings. The van der Waals surface area contributed by atoms with Crippen molar-refractivity contribution in [3.05, 3.63) is 28.8 Å². The molecular formula is C14H21ClN2O. The molecule has 1 aliphatic rings. The van der Waals surface area contributed by atoms with Crippen molar-refractivity contribution in [3.8, 4) is 5.75 Å². The van der Waals surface area contributed by atoms with Gasteiger partial charge in [0, 0.05) is 42.3 Å². The van der Waals surface area contributed by atoms with Crippen molar-refractivity contribution >= 4 is 11.6 Å². The Hall–Kier alpha value is -0.770. The number of phenolic OH excluding ortho intramolecular Hbond substituents is 1. The smallest absolute Gasteiger partial charge is 0.121 e. The Morgan fingerprint density at radius 1 is 1.33 bits per heavy atom. The van der Waals surface area contributed by atoms with Gasteiger partial charge in [0.2, 0.25) is 0 Å². The van der Waals surface area contributed by atoms with Crippen molar-refractivity contribution < 1.29 is 5.11 Å². The lowest BCUT2D eigenvalue weighted by atomic mass is 9.99. The van der Waals surface area contributed by atoms with Crippen LogP contribution in [0, 0.1) is 0 Å². The molecule has 0 amide bonds. The first-order valence-corrected chi connectivity index (χ1v) is 6.68. The molecule has 0 saturated carbocycles. The van der Waals surface area contributed by atoms with Gasteiger partial charge in [0.05, 0.1) is 0 Å². The van der Waals surface area contributed by atoms with Crippen LogP contribution >= 0.6 is 11.6 Å². The summed E-state index contributed by atoms with van der Waals surface area (Å²) >= 11 is 6.15. The van der Waals surface area contributed by atoms with Gasteiger partial charge in [0.15, 0.2) is 0 Å². The molecule has 0 radical (unpaired) electrons.